The van der Waals surface area contributed by atoms with Crippen LogP contribution in [-0.2, 0) is 11.2 Å². The van der Waals surface area contributed by atoms with Gasteiger partial charge in [0.25, 0.3) is 0 Å². The second kappa shape index (κ2) is 7.15. The summed E-state index contributed by atoms with van der Waals surface area (Å²) in [7, 11) is 0. The van der Waals surface area contributed by atoms with Gasteiger partial charge in [0.05, 0.1) is 29.5 Å². The van der Waals surface area contributed by atoms with Crippen molar-refractivity contribution < 1.29 is 9.53 Å². The van der Waals surface area contributed by atoms with Gasteiger partial charge in [-0.15, -0.1) is 0 Å². The van der Waals surface area contributed by atoms with Crippen LogP contribution in [0.3, 0.4) is 0 Å². The van der Waals surface area contributed by atoms with Crippen LogP contribution in [0.4, 0.5) is 5.69 Å². The van der Waals surface area contributed by atoms with Crippen molar-refractivity contribution in [3.8, 4) is 22.9 Å². The van der Waals surface area contributed by atoms with Crippen LogP contribution >= 0.6 is 0 Å². The molecule has 1 aliphatic carbocycles. The standard InChI is InChI=1S/C23H23N7O2/c1-13-3-6-19-20(30(13)14(2)31)8-7-18(16-11-26-29(12-16)17-4-5-17)21(19)32-23-24-9-15-10-25-28-22(15)27-23/h7-13,17H,3-6H2,1-2H3,(H,24,25,27,28). The van der Waals surface area contributed by atoms with Gasteiger partial charge in [-0.2, -0.15) is 15.2 Å². The lowest BCUT2D eigenvalue weighted by Gasteiger charge is -2.35. The van der Waals surface area contributed by atoms with Gasteiger partial charge in [0, 0.05) is 42.0 Å². The number of rotatable bonds is 4. The van der Waals surface area contributed by atoms with E-state index >= 15 is 0 Å². The lowest BCUT2D eigenvalue weighted by atomic mass is 9.92. The van der Waals surface area contributed by atoms with E-state index in [1.54, 1.807) is 19.3 Å². The second-order valence-corrected chi connectivity index (χ2v) is 8.59. The van der Waals surface area contributed by atoms with E-state index < -0.39 is 0 Å². The number of anilines is 1. The molecule has 162 valence electrons. The summed E-state index contributed by atoms with van der Waals surface area (Å²) >= 11 is 0. The highest BCUT2D eigenvalue weighted by Crippen LogP contribution is 2.45. The predicted octanol–water partition coefficient (Wildman–Crippen LogP) is 4.03. The largest absolute Gasteiger partial charge is 0.423 e. The van der Waals surface area contributed by atoms with Crippen molar-refractivity contribution in [3.05, 3.63) is 42.5 Å². The SMILES string of the molecule is CC(=O)N1c2ccc(-c3cnn(C4CC4)c3)c(Oc3ncc4cn[nH]c4n3)c2CCC1C. The van der Waals surface area contributed by atoms with Crippen molar-refractivity contribution in [1.29, 1.82) is 0 Å². The number of nitrogens with one attached hydrogen (secondary N) is 1. The molecule has 9 nitrogen and oxygen atoms in total. The normalized spacial score (nSPS) is 18.1. The molecule has 2 aliphatic rings. The number of H-pyrrole nitrogens is 1. The van der Waals surface area contributed by atoms with Gasteiger partial charge in [-0.3, -0.25) is 14.6 Å². The first-order valence-electron chi connectivity index (χ1n) is 10.9. The van der Waals surface area contributed by atoms with Gasteiger partial charge >= 0.3 is 6.01 Å². The Hall–Kier alpha value is -3.75. The molecule has 32 heavy (non-hydrogen) atoms. The minimum absolute atomic E-state index is 0.0221. The third-order valence-electron chi connectivity index (χ3n) is 6.28. The molecule has 0 radical (unpaired) electrons. The summed E-state index contributed by atoms with van der Waals surface area (Å²) in [6.07, 6.45) is 11.3. The maximum Gasteiger partial charge on any atom is 0.324 e. The number of hydrogen-bond acceptors (Lipinski definition) is 6. The number of carbonyl (C=O) groups excluding carboxylic acids is 1. The number of hydrogen-bond donors (Lipinski definition) is 1. The highest BCUT2D eigenvalue weighted by molar-refractivity contribution is 5.95. The average Bonchev–Trinajstić information content (AvgIpc) is 3.32. The minimum atomic E-state index is 0.0221. The average molecular weight is 429 g/mol. The summed E-state index contributed by atoms with van der Waals surface area (Å²) in [5, 5.41) is 12.2. The Morgan fingerprint density at radius 2 is 2.06 bits per heavy atom. The summed E-state index contributed by atoms with van der Waals surface area (Å²) in [6, 6.07) is 4.88. The van der Waals surface area contributed by atoms with Crippen LogP contribution in [0.2, 0.25) is 0 Å². The molecule has 0 bridgehead atoms. The summed E-state index contributed by atoms with van der Waals surface area (Å²) in [5.74, 6) is 0.698. The molecule has 1 atom stereocenters. The molecule has 3 aromatic heterocycles. The summed E-state index contributed by atoms with van der Waals surface area (Å²) in [5.41, 5.74) is 4.38. The number of amides is 1. The molecule has 1 N–H and O–H groups in total. The quantitative estimate of drug-likeness (QED) is 0.525. The van der Waals surface area contributed by atoms with Crippen LogP contribution in [-0.4, -0.2) is 41.9 Å². The molecule has 1 unspecified atom stereocenters. The van der Waals surface area contributed by atoms with Gasteiger partial charge in [0.1, 0.15) is 5.75 Å². The maximum absolute atomic E-state index is 12.4. The van der Waals surface area contributed by atoms with Gasteiger partial charge in [0.15, 0.2) is 5.65 Å². The van der Waals surface area contributed by atoms with Crippen LogP contribution in [0.25, 0.3) is 22.2 Å². The Balaban J connectivity index is 1.50. The molecule has 4 heterocycles. The Bertz CT molecular complexity index is 1340. The Morgan fingerprint density at radius 3 is 2.88 bits per heavy atom. The van der Waals surface area contributed by atoms with Crippen LogP contribution in [0.15, 0.2) is 36.9 Å². The molecular formula is C23H23N7O2. The molecule has 0 spiro atoms. The van der Waals surface area contributed by atoms with E-state index in [1.165, 1.54) is 0 Å². The van der Waals surface area contributed by atoms with Gasteiger partial charge in [0.2, 0.25) is 5.91 Å². The predicted molar refractivity (Wildman–Crippen MR) is 119 cm³/mol. The number of aromatic amines is 1. The van der Waals surface area contributed by atoms with E-state index in [4.69, 9.17) is 4.74 Å². The topological polar surface area (TPSA) is 102 Å². The van der Waals surface area contributed by atoms with Gasteiger partial charge < -0.3 is 9.64 Å². The van der Waals surface area contributed by atoms with Crippen molar-refractivity contribution in [2.24, 2.45) is 0 Å². The third kappa shape index (κ3) is 3.12. The molecule has 9 heteroatoms. The fourth-order valence-corrected chi connectivity index (χ4v) is 4.51. The molecular weight excluding hydrogens is 406 g/mol. The zero-order valence-corrected chi connectivity index (χ0v) is 17.9. The van der Waals surface area contributed by atoms with Gasteiger partial charge in [-0.25, -0.2) is 4.98 Å². The number of aromatic nitrogens is 6. The molecule has 6 rings (SSSR count). The lowest BCUT2D eigenvalue weighted by Crippen LogP contribution is -2.40. The number of carbonyl (C=O) groups is 1. The highest BCUT2D eigenvalue weighted by Gasteiger charge is 2.31. The van der Waals surface area contributed by atoms with Crippen molar-refractivity contribution in [2.45, 2.75) is 51.6 Å². The van der Waals surface area contributed by atoms with E-state index in [0.29, 0.717) is 17.4 Å². The number of ether oxygens (including phenoxy) is 1. The number of fused-ring (bicyclic) bond motifs is 2. The van der Waals surface area contributed by atoms with Crippen LogP contribution in [0.5, 0.6) is 11.8 Å². The Labute approximate surface area is 184 Å². The number of benzene rings is 1. The smallest absolute Gasteiger partial charge is 0.324 e. The zero-order valence-electron chi connectivity index (χ0n) is 17.9. The maximum atomic E-state index is 12.4. The van der Waals surface area contributed by atoms with Gasteiger partial charge in [-0.1, -0.05) is 0 Å². The van der Waals surface area contributed by atoms with E-state index in [1.807, 2.05) is 27.9 Å². The van der Waals surface area contributed by atoms with Crippen molar-refractivity contribution in [3.63, 3.8) is 0 Å². The monoisotopic (exact) mass is 429 g/mol. The van der Waals surface area contributed by atoms with Gasteiger partial charge in [-0.05, 0) is 44.7 Å². The minimum Gasteiger partial charge on any atom is -0.423 e. The van der Waals surface area contributed by atoms with Crippen molar-refractivity contribution in [2.75, 3.05) is 4.90 Å². The molecule has 0 saturated heterocycles. The second-order valence-electron chi connectivity index (χ2n) is 8.59. The fraction of sp³-hybridized carbons (Fsp3) is 0.348. The zero-order chi connectivity index (χ0) is 21.8. The first kappa shape index (κ1) is 19.0. The highest BCUT2D eigenvalue weighted by atomic mass is 16.5. The van der Waals surface area contributed by atoms with Crippen molar-refractivity contribution >= 4 is 22.6 Å². The first-order chi connectivity index (χ1) is 15.6. The van der Waals surface area contributed by atoms with Crippen LogP contribution < -0.4 is 9.64 Å². The summed E-state index contributed by atoms with van der Waals surface area (Å²) < 4.78 is 8.37. The van der Waals surface area contributed by atoms with Crippen LogP contribution in [0.1, 0.15) is 44.7 Å². The lowest BCUT2D eigenvalue weighted by molar-refractivity contribution is -0.117. The Kier molecular flexibility index (Phi) is 4.24. The molecule has 1 saturated carbocycles. The molecule has 1 aliphatic heterocycles. The third-order valence-corrected chi connectivity index (χ3v) is 6.28. The van der Waals surface area contributed by atoms with E-state index in [2.05, 4.69) is 38.4 Å². The summed E-state index contributed by atoms with van der Waals surface area (Å²) in [6.45, 7) is 3.68. The van der Waals surface area contributed by atoms with Crippen molar-refractivity contribution in [1.82, 2.24) is 29.9 Å². The molecule has 1 aromatic carbocycles. The molecule has 4 aromatic rings. The molecule has 1 fully saturated rings. The fourth-order valence-electron chi connectivity index (χ4n) is 4.51. The van der Waals surface area contributed by atoms with Crippen LogP contribution in [0, 0.1) is 0 Å². The first-order valence-corrected chi connectivity index (χ1v) is 10.9. The van der Waals surface area contributed by atoms with E-state index in [9.17, 15) is 4.79 Å². The number of nitrogens with zero attached hydrogens (tertiary/aromatic N) is 6. The van der Waals surface area contributed by atoms with E-state index in [0.717, 1.165) is 53.4 Å². The van der Waals surface area contributed by atoms with E-state index in [-0.39, 0.29) is 18.0 Å². The molecule has 1 amide bonds. The Morgan fingerprint density at radius 1 is 1.19 bits per heavy atom. The summed E-state index contributed by atoms with van der Waals surface area (Å²) in [4.78, 5) is 23.1.